The fourth-order valence-electron chi connectivity index (χ4n) is 3.10. The number of carbonyl (C=O) groups is 3. The summed E-state index contributed by atoms with van der Waals surface area (Å²) in [5.41, 5.74) is 6.95. The van der Waals surface area contributed by atoms with E-state index in [2.05, 4.69) is 15.5 Å². The lowest BCUT2D eigenvalue weighted by Crippen LogP contribution is -2.51. The van der Waals surface area contributed by atoms with Gasteiger partial charge in [-0.1, -0.05) is 17.7 Å². The van der Waals surface area contributed by atoms with Crippen LogP contribution in [0.5, 0.6) is 0 Å². The number of amides is 4. The first-order chi connectivity index (χ1) is 13.9. The Morgan fingerprint density at radius 1 is 1.00 bits per heavy atom. The van der Waals surface area contributed by atoms with E-state index >= 15 is 0 Å². The number of urea groups is 1. The van der Waals surface area contributed by atoms with Crippen molar-refractivity contribution in [2.45, 2.75) is 0 Å². The summed E-state index contributed by atoms with van der Waals surface area (Å²) in [5, 5.41) is 5.73. The molecule has 1 aliphatic heterocycles. The third-order valence-corrected chi connectivity index (χ3v) is 4.86. The van der Waals surface area contributed by atoms with Crippen molar-refractivity contribution in [3.63, 3.8) is 0 Å². The molecule has 0 unspecified atom stereocenters. The molecule has 2 aromatic rings. The third-order valence-electron chi connectivity index (χ3n) is 4.62. The Labute approximate surface area is 173 Å². The van der Waals surface area contributed by atoms with Gasteiger partial charge in [0.25, 0.3) is 5.91 Å². The van der Waals surface area contributed by atoms with Crippen LogP contribution in [-0.2, 0) is 4.79 Å². The van der Waals surface area contributed by atoms with E-state index in [1.165, 1.54) is 0 Å². The van der Waals surface area contributed by atoms with E-state index in [9.17, 15) is 14.4 Å². The van der Waals surface area contributed by atoms with Crippen LogP contribution in [0.15, 0.2) is 48.5 Å². The van der Waals surface area contributed by atoms with Gasteiger partial charge in [-0.3, -0.25) is 9.59 Å². The Bertz CT molecular complexity index is 895. The Hall–Kier alpha value is -3.26. The van der Waals surface area contributed by atoms with E-state index < -0.39 is 6.03 Å². The van der Waals surface area contributed by atoms with Gasteiger partial charge in [-0.05, 0) is 42.5 Å². The fraction of sp³-hybridized carbons (Fsp3) is 0.250. The molecule has 4 N–H and O–H groups in total. The second-order valence-corrected chi connectivity index (χ2v) is 7.03. The smallest absolute Gasteiger partial charge is 0.316 e. The molecule has 4 amide bonds. The summed E-state index contributed by atoms with van der Waals surface area (Å²) in [6, 6.07) is 13.2. The highest BCUT2D eigenvalue weighted by molar-refractivity contribution is 6.30. The maximum atomic E-state index is 12.4. The molecule has 8 nitrogen and oxygen atoms in total. The van der Waals surface area contributed by atoms with Crippen LogP contribution in [0.3, 0.4) is 0 Å². The summed E-state index contributed by atoms with van der Waals surface area (Å²) < 4.78 is 0. The lowest BCUT2D eigenvalue weighted by molar-refractivity contribution is -0.130. The monoisotopic (exact) mass is 415 g/mol. The molecule has 0 spiro atoms. The number of benzene rings is 2. The van der Waals surface area contributed by atoms with Crippen molar-refractivity contribution in [1.29, 1.82) is 0 Å². The molecule has 152 valence electrons. The molecule has 1 saturated heterocycles. The van der Waals surface area contributed by atoms with Crippen molar-refractivity contribution in [3.8, 4) is 0 Å². The second kappa shape index (κ2) is 9.29. The van der Waals surface area contributed by atoms with Crippen LogP contribution in [0.1, 0.15) is 10.4 Å². The summed E-state index contributed by atoms with van der Waals surface area (Å²) in [7, 11) is 0. The average Bonchev–Trinajstić information content (AvgIpc) is 2.72. The Balaban J connectivity index is 1.46. The molecule has 1 heterocycles. The van der Waals surface area contributed by atoms with Gasteiger partial charge < -0.3 is 26.2 Å². The molecule has 1 fully saturated rings. The van der Waals surface area contributed by atoms with Gasteiger partial charge in [-0.15, -0.1) is 0 Å². The number of rotatable bonds is 5. The minimum Gasteiger partial charge on any atom is -0.368 e. The summed E-state index contributed by atoms with van der Waals surface area (Å²) in [6.45, 7) is 2.49. The van der Waals surface area contributed by atoms with Gasteiger partial charge in [0.1, 0.15) is 0 Å². The van der Waals surface area contributed by atoms with E-state index in [1.54, 1.807) is 29.2 Å². The highest BCUT2D eigenvalue weighted by Crippen LogP contribution is 2.20. The Kier molecular flexibility index (Phi) is 6.56. The lowest BCUT2D eigenvalue weighted by Gasteiger charge is -2.36. The van der Waals surface area contributed by atoms with Crippen LogP contribution in [0.25, 0.3) is 0 Å². The molecule has 0 bridgehead atoms. The molecule has 29 heavy (non-hydrogen) atoms. The zero-order valence-corrected chi connectivity index (χ0v) is 16.5. The number of hydrogen-bond acceptors (Lipinski definition) is 4. The van der Waals surface area contributed by atoms with E-state index in [1.807, 2.05) is 24.3 Å². The van der Waals surface area contributed by atoms with Gasteiger partial charge in [0.2, 0.25) is 5.91 Å². The molecule has 0 saturated carbocycles. The number of primary amides is 1. The van der Waals surface area contributed by atoms with Crippen molar-refractivity contribution in [2.75, 3.05) is 42.9 Å². The number of nitrogens with one attached hydrogen (secondary N) is 2. The van der Waals surface area contributed by atoms with Gasteiger partial charge in [0, 0.05) is 48.1 Å². The highest BCUT2D eigenvalue weighted by atomic mass is 35.5. The number of halogens is 1. The Morgan fingerprint density at radius 3 is 2.31 bits per heavy atom. The molecule has 9 heteroatoms. The Morgan fingerprint density at radius 2 is 1.69 bits per heavy atom. The summed E-state index contributed by atoms with van der Waals surface area (Å²) >= 11 is 6.04. The van der Waals surface area contributed by atoms with Gasteiger partial charge >= 0.3 is 6.03 Å². The number of hydrogen-bond donors (Lipinski definition) is 3. The van der Waals surface area contributed by atoms with E-state index in [-0.39, 0.29) is 18.4 Å². The van der Waals surface area contributed by atoms with Crippen LogP contribution >= 0.6 is 11.6 Å². The maximum Gasteiger partial charge on any atom is 0.316 e. The van der Waals surface area contributed by atoms with E-state index in [0.717, 1.165) is 5.69 Å². The SMILES string of the molecule is NC(=O)Nc1ccc(C(=O)NCC(=O)N2CCN(c3cccc(Cl)c3)CC2)cc1. The molecule has 3 rings (SSSR count). The van der Waals surface area contributed by atoms with Crippen LogP contribution in [0.4, 0.5) is 16.2 Å². The summed E-state index contributed by atoms with van der Waals surface area (Å²) in [5.74, 6) is -0.488. The number of anilines is 2. The zero-order chi connectivity index (χ0) is 20.8. The van der Waals surface area contributed by atoms with Crippen LogP contribution in [0.2, 0.25) is 5.02 Å². The molecule has 0 aromatic heterocycles. The molecule has 1 aliphatic rings. The normalized spacial score (nSPS) is 13.7. The largest absolute Gasteiger partial charge is 0.368 e. The number of piperazine rings is 1. The first-order valence-corrected chi connectivity index (χ1v) is 9.53. The van der Waals surface area contributed by atoms with E-state index in [0.29, 0.717) is 42.5 Å². The first-order valence-electron chi connectivity index (χ1n) is 9.15. The van der Waals surface area contributed by atoms with Crippen molar-refractivity contribution in [1.82, 2.24) is 10.2 Å². The molecule has 0 radical (unpaired) electrons. The first kappa shape index (κ1) is 20.5. The van der Waals surface area contributed by atoms with Crippen molar-refractivity contribution in [3.05, 3.63) is 59.1 Å². The second-order valence-electron chi connectivity index (χ2n) is 6.60. The quantitative estimate of drug-likeness (QED) is 0.693. The highest BCUT2D eigenvalue weighted by Gasteiger charge is 2.21. The zero-order valence-electron chi connectivity index (χ0n) is 15.7. The van der Waals surface area contributed by atoms with Gasteiger partial charge in [-0.2, -0.15) is 0 Å². The summed E-state index contributed by atoms with van der Waals surface area (Å²) in [4.78, 5) is 39.4. The van der Waals surface area contributed by atoms with Gasteiger partial charge in [0.15, 0.2) is 0 Å². The van der Waals surface area contributed by atoms with Crippen molar-refractivity contribution in [2.24, 2.45) is 5.73 Å². The predicted molar refractivity (Wildman–Crippen MR) is 112 cm³/mol. The van der Waals surface area contributed by atoms with Crippen LogP contribution in [-0.4, -0.2) is 55.5 Å². The van der Waals surface area contributed by atoms with Crippen LogP contribution < -0.4 is 21.3 Å². The minimum absolute atomic E-state index is 0.0721. The lowest BCUT2D eigenvalue weighted by atomic mass is 10.2. The molecular formula is C20H22ClN5O3. The van der Waals surface area contributed by atoms with Crippen molar-refractivity contribution >= 4 is 40.8 Å². The fourth-order valence-corrected chi connectivity index (χ4v) is 3.29. The summed E-state index contributed by atoms with van der Waals surface area (Å²) in [6.07, 6.45) is 0. The third kappa shape index (κ3) is 5.61. The topological polar surface area (TPSA) is 108 Å². The molecule has 0 atom stereocenters. The minimum atomic E-state index is -0.678. The van der Waals surface area contributed by atoms with Crippen LogP contribution in [0, 0.1) is 0 Å². The standard InChI is InChI=1S/C20H22ClN5O3/c21-15-2-1-3-17(12-15)25-8-10-26(11-9-25)18(27)13-23-19(28)14-4-6-16(7-5-14)24-20(22)29/h1-7,12H,8-11,13H2,(H,23,28)(H3,22,24,29). The number of nitrogens with zero attached hydrogens (tertiary/aromatic N) is 2. The molecule has 0 aliphatic carbocycles. The van der Waals surface area contributed by atoms with E-state index in [4.69, 9.17) is 17.3 Å². The van der Waals surface area contributed by atoms with Crippen molar-refractivity contribution < 1.29 is 14.4 Å². The maximum absolute atomic E-state index is 12.4. The van der Waals surface area contributed by atoms with Gasteiger partial charge in [0.05, 0.1) is 6.54 Å². The van der Waals surface area contributed by atoms with Gasteiger partial charge in [-0.25, -0.2) is 4.79 Å². The molecular weight excluding hydrogens is 394 g/mol. The number of nitrogens with two attached hydrogens (primary N) is 1. The predicted octanol–water partition coefficient (Wildman–Crippen LogP) is 1.91. The number of carbonyl (C=O) groups excluding carboxylic acids is 3. The average molecular weight is 416 g/mol. The molecule has 2 aromatic carbocycles.